The van der Waals surface area contributed by atoms with Crippen LogP contribution in [0.15, 0.2) is 79.8 Å². The monoisotopic (exact) mass is 824 g/mol. The zero-order chi connectivity index (χ0) is 41.7. The van der Waals surface area contributed by atoms with E-state index >= 15 is 0 Å². The van der Waals surface area contributed by atoms with Gasteiger partial charge in [0.25, 0.3) is 0 Å². The van der Waals surface area contributed by atoms with Crippen LogP contribution in [0.3, 0.4) is 0 Å². The number of rotatable bonds is 0. The number of hydrogen-bond acceptors (Lipinski definition) is 11. The van der Waals surface area contributed by atoms with Gasteiger partial charge < -0.3 is 4.40 Å². The number of likely N-dealkylation sites (N-methyl/N-ethyl adjacent to an activating group) is 4. The largest absolute Gasteiger partial charge is 0.302 e. The second kappa shape index (κ2) is 17.4. The minimum Gasteiger partial charge on any atom is -0.302 e. The van der Waals surface area contributed by atoms with E-state index in [2.05, 4.69) is 142 Å². The van der Waals surface area contributed by atoms with Gasteiger partial charge in [0, 0.05) is 101 Å². The van der Waals surface area contributed by atoms with Gasteiger partial charge >= 0.3 is 0 Å². The molecule has 8 aromatic heterocycles. The molecule has 0 bridgehead atoms. The first-order valence-corrected chi connectivity index (χ1v) is 21.3. The van der Waals surface area contributed by atoms with Crippen molar-refractivity contribution in [2.45, 2.75) is 85.0 Å². The van der Waals surface area contributed by atoms with E-state index in [1.165, 1.54) is 45.6 Å². The minimum atomic E-state index is 0. The molecular weight excluding hydrogens is 763 g/mol. The number of hydrogen-bond donors (Lipinski definition) is 0. The van der Waals surface area contributed by atoms with Crippen molar-refractivity contribution in [3.8, 4) is 0 Å². The third-order valence-electron chi connectivity index (χ3n) is 13.2. The van der Waals surface area contributed by atoms with E-state index in [1.807, 2.05) is 53.6 Å². The van der Waals surface area contributed by atoms with Gasteiger partial charge in [-0.15, -0.1) is 0 Å². The van der Waals surface area contributed by atoms with Crippen molar-refractivity contribution in [1.29, 1.82) is 0 Å². The molecule has 12 rings (SSSR count). The van der Waals surface area contributed by atoms with Gasteiger partial charge in [-0.25, -0.2) is 34.4 Å². The summed E-state index contributed by atoms with van der Waals surface area (Å²) >= 11 is 0. The highest BCUT2D eigenvalue weighted by Gasteiger charge is 2.29. The fourth-order valence-electron chi connectivity index (χ4n) is 9.15. The maximum absolute atomic E-state index is 4.67. The second-order valence-electron chi connectivity index (χ2n) is 16.7. The second-order valence-corrected chi connectivity index (χ2v) is 16.7. The van der Waals surface area contributed by atoms with E-state index in [0.717, 1.165) is 74.6 Å². The molecular formula is C46H61N15. The highest BCUT2D eigenvalue weighted by Crippen LogP contribution is 2.31. The molecule has 4 aliphatic heterocycles. The molecule has 0 spiro atoms. The van der Waals surface area contributed by atoms with Crippen molar-refractivity contribution in [2.75, 3.05) is 54.4 Å². The molecule has 0 saturated carbocycles. The van der Waals surface area contributed by atoms with Crippen LogP contribution in [-0.4, -0.2) is 127 Å². The fraction of sp³-hybridized carbons (Fsp3) is 0.457. The van der Waals surface area contributed by atoms with E-state index < -0.39 is 0 Å². The lowest BCUT2D eigenvalue weighted by Gasteiger charge is -2.29. The lowest BCUT2D eigenvalue weighted by Crippen LogP contribution is -2.31. The van der Waals surface area contributed by atoms with Crippen LogP contribution >= 0.6 is 0 Å². The van der Waals surface area contributed by atoms with Gasteiger partial charge in [0.15, 0.2) is 5.65 Å². The molecule has 0 unspecified atom stereocenters. The van der Waals surface area contributed by atoms with Gasteiger partial charge in [0.05, 0.1) is 51.6 Å². The van der Waals surface area contributed by atoms with Gasteiger partial charge in [0.2, 0.25) is 5.78 Å². The third-order valence-corrected chi connectivity index (χ3v) is 13.2. The molecule has 15 nitrogen and oxygen atoms in total. The molecule has 0 aliphatic carbocycles. The zero-order valence-corrected chi connectivity index (χ0v) is 36.2. The molecule has 12 heterocycles. The first-order chi connectivity index (χ1) is 29.1. The molecule has 0 N–H and O–H groups in total. The molecule has 4 atom stereocenters. The summed E-state index contributed by atoms with van der Waals surface area (Å²) in [6, 6.07) is 15.8. The Hall–Kier alpha value is -5.61. The number of aromatic nitrogens is 11. The van der Waals surface area contributed by atoms with Crippen LogP contribution in [0.2, 0.25) is 0 Å². The molecule has 0 fully saturated rings. The Kier molecular flexibility index (Phi) is 12.0. The quantitative estimate of drug-likeness (QED) is 0.170. The molecule has 61 heavy (non-hydrogen) atoms. The van der Waals surface area contributed by atoms with E-state index in [-0.39, 0.29) is 7.43 Å². The van der Waals surface area contributed by atoms with Gasteiger partial charge in [0.1, 0.15) is 17.6 Å². The number of imidazole rings is 4. The molecule has 0 saturated heterocycles. The van der Waals surface area contributed by atoms with Gasteiger partial charge in [-0.2, -0.15) is 5.10 Å². The van der Waals surface area contributed by atoms with Crippen LogP contribution in [-0.2, 0) is 25.7 Å². The molecule has 0 amide bonds. The predicted octanol–water partition coefficient (Wildman–Crippen LogP) is 6.35. The van der Waals surface area contributed by atoms with Crippen molar-refractivity contribution in [3.05, 3.63) is 125 Å². The molecule has 15 heteroatoms. The van der Waals surface area contributed by atoms with Crippen molar-refractivity contribution >= 4 is 22.7 Å². The molecule has 8 aromatic rings. The summed E-state index contributed by atoms with van der Waals surface area (Å²) in [5, 5.41) is 4.37. The summed E-state index contributed by atoms with van der Waals surface area (Å²) in [5.74, 6) is 0.824. The zero-order valence-electron chi connectivity index (χ0n) is 36.2. The summed E-state index contributed by atoms with van der Waals surface area (Å²) in [7, 11) is 8.64. The standard InChI is InChI=1S/C12H15N3.3C11H14N4.CH4/c1-9-12-10(6-8-14(9)2)13-11-5-3-4-7-15(11)12;1-8-11-9(4-6-14(8)2)13-10-3-5-12-7-15(10)11;1-8-10-9(4-7-14(8)2)13-11-12-5-3-6-15(10)11;1-8-11-9(5-7-14(8)2)13-10-4-3-6-12-15(10)11;/h3-5,7,9H,6,8H2,1-2H3;3,5,7-8H,4,6H2,1-2H3;3,5-6,8H,4,7H2,1-2H3;3-4,6,8H,5,7H2,1-2H3;1H4/t9-;3*8-;/m0000./s1. The van der Waals surface area contributed by atoms with Crippen LogP contribution in [0, 0.1) is 0 Å². The highest BCUT2D eigenvalue weighted by molar-refractivity contribution is 5.46. The Bertz CT molecular complexity index is 2380. The molecule has 4 aliphatic rings. The van der Waals surface area contributed by atoms with Crippen molar-refractivity contribution in [3.63, 3.8) is 0 Å². The SMILES string of the molecule is C.C[C@H]1c2c(nc3ccccn23)CCN1C.C[C@H]1c2c(nc3cccnn23)CCN1C.C[C@H]1c2c(nc3ccncn23)CCN1C.C[C@H]1c2c(nc3ncccn23)CCN1C. The molecule has 0 radical (unpaired) electrons. The van der Waals surface area contributed by atoms with E-state index in [4.69, 9.17) is 0 Å². The normalized spacial score (nSPS) is 21.5. The Morgan fingerprint density at radius 1 is 0.475 bits per heavy atom. The summed E-state index contributed by atoms with van der Waals surface area (Å²) in [6.07, 6.45) is 15.6. The van der Waals surface area contributed by atoms with E-state index in [1.54, 1.807) is 12.4 Å². The van der Waals surface area contributed by atoms with Crippen molar-refractivity contribution < 1.29 is 0 Å². The Balaban J connectivity index is 0.000000112. The maximum Gasteiger partial charge on any atom is 0.234 e. The van der Waals surface area contributed by atoms with Crippen LogP contribution in [0.5, 0.6) is 0 Å². The summed E-state index contributed by atoms with van der Waals surface area (Å²) in [5.41, 5.74) is 13.2. The summed E-state index contributed by atoms with van der Waals surface area (Å²) in [4.78, 5) is 36.3. The smallest absolute Gasteiger partial charge is 0.234 e. The average Bonchev–Trinajstić information content (AvgIpc) is 4.04. The van der Waals surface area contributed by atoms with Crippen molar-refractivity contribution in [2.24, 2.45) is 0 Å². The summed E-state index contributed by atoms with van der Waals surface area (Å²) in [6.45, 7) is 13.3. The maximum atomic E-state index is 4.67. The number of pyridine rings is 1. The first-order valence-electron chi connectivity index (χ1n) is 21.3. The number of nitrogens with zero attached hydrogens (tertiary/aromatic N) is 15. The van der Waals surface area contributed by atoms with Crippen LogP contribution in [0.25, 0.3) is 22.7 Å². The van der Waals surface area contributed by atoms with E-state index in [0.29, 0.717) is 24.2 Å². The van der Waals surface area contributed by atoms with Gasteiger partial charge in [-0.3, -0.25) is 28.4 Å². The average molecular weight is 824 g/mol. The third kappa shape index (κ3) is 7.79. The molecule has 0 aromatic carbocycles. The Morgan fingerprint density at radius 2 is 0.967 bits per heavy atom. The van der Waals surface area contributed by atoms with Gasteiger partial charge in [-0.1, -0.05) is 13.5 Å². The van der Waals surface area contributed by atoms with E-state index in [9.17, 15) is 0 Å². The Labute approximate surface area is 358 Å². The fourth-order valence-corrected chi connectivity index (χ4v) is 9.15. The van der Waals surface area contributed by atoms with Crippen molar-refractivity contribution in [1.82, 2.24) is 72.3 Å². The lowest BCUT2D eigenvalue weighted by atomic mass is 10.1. The lowest BCUT2D eigenvalue weighted by molar-refractivity contribution is 0.239. The first kappa shape index (κ1) is 42.1. The van der Waals surface area contributed by atoms with Gasteiger partial charge in [-0.05, 0) is 92.3 Å². The minimum absolute atomic E-state index is 0. The predicted molar refractivity (Wildman–Crippen MR) is 240 cm³/mol. The van der Waals surface area contributed by atoms with Crippen LogP contribution < -0.4 is 0 Å². The molecule has 320 valence electrons. The topological polar surface area (TPSA) is 121 Å². The number of fused-ring (bicyclic) bond motifs is 12. The Morgan fingerprint density at radius 3 is 1.61 bits per heavy atom. The highest BCUT2D eigenvalue weighted by atomic mass is 15.3. The van der Waals surface area contributed by atoms with Crippen LogP contribution in [0.4, 0.5) is 0 Å². The van der Waals surface area contributed by atoms with Crippen LogP contribution in [0.1, 0.15) is 105 Å². The summed E-state index contributed by atoms with van der Waals surface area (Å²) < 4.78 is 8.40.